The highest BCUT2D eigenvalue weighted by Gasteiger charge is 2.28. The number of rotatable bonds is 5. The fraction of sp³-hybridized carbons (Fsp3) is 0.222. The second-order valence-electron chi connectivity index (χ2n) is 8.82. The molecule has 1 atom stereocenters. The fourth-order valence-electron chi connectivity index (χ4n) is 4.90. The molecule has 1 aliphatic heterocycles. The van der Waals surface area contributed by atoms with Crippen LogP contribution < -0.4 is 5.73 Å². The largest absolute Gasteiger partial charge is 0.384 e. The minimum atomic E-state index is -0.0359. The zero-order chi connectivity index (χ0) is 24.6. The summed E-state index contributed by atoms with van der Waals surface area (Å²) < 4.78 is 9.82. The van der Waals surface area contributed by atoms with Gasteiger partial charge in [-0.25, -0.2) is 15.0 Å². The number of benzene rings is 2. The molecule has 1 unspecified atom stereocenters. The maximum absolute atomic E-state index is 9.66. The summed E-state index contributed by atoms with van der Waals surface area (Å²) in [5.41, 5.74) is 11.1. The van der Waals surface area contributed by atoms with Crippen molar-refractivity contribution in [3.63, 3.8) is 0 Å². The second-order valence-corrected chi connectivity index (χ2v) is 8.82. The molecule has 176 valence electrons. The molecule has 9 heteroatoms. The number of nitrogens with zero attached hydrogens (tertiary/aromatic N) is 7. The van der Waals surface area contributed by atoms with Crippen LogP contribution in [0.1, 0.15) is 29.8 Å². The van der Waals surface area contributed by atoms with Crippen molar-refractivity contribution >= 4 is 28.0 Å². The van der Waals surface area contributed by atoms with E-state index in [-0.39, 0.29) is 17.5 Å². The van der Waals surface area contributed by atoms with Crippen molar-refractivity contribution in [2.45, 2.75) is 32.0 Å². The first-order valence-electron chi connectivity index (χ1n) is 11.8. The lowest BCUT2D eigenvalue weighted by Crippen LogP contribution is -2.17. The lowest BCUT2D eigenvalue weighted by Gasteiger charge is -2.13. The number of hydrogen-bond acceptors (Lipinski definition) is 7. The first kappa shape index (κ1) is 21.8. The number of nitrogens with two attached hydrogens (primary N) is 1. The number of aromatic nitrogens is 5. The Balaban J connectivity index is 1.63. The van der Waals surface area contributed by atoms with Gasteiger partial charge in [-0.1, -0.05) is 42.5 Å². The summed E-state index contributed by atoms with van der Waals surface area (Å²) >= 11 is 0. The number of hydrogen-bond donors (Lipinski definition) is 1. The first-order valence-corrected chi connectivity index (χ1v) is 11.8. The molecular weight excluding hydrogens is 452 g/mol. The molecule has 0 bridgehead atoms. The van der Waals surface area contributed by atoms with Gasteiger partial charge in [-0.05, 0) is 30.5 Å². The quantitative estimate of drug-likeness (QED) is 0.407. The Hall–Kier alpha value is -4.73. The van der Waals surface area contributed by atoms with E-state index in [9.17, 15) is 10.5 Å². The molecule has 6 rings (SSSR count). The molecule has 3 aromatic heterocycles. The van der Waals surface area contributed by atoms with Gasteiger partial charge in [0.2, 0.25) is 0 Å². The van der Waals surface area contributed by atoms with Crippen molar-refractivity contribution in [3.8, 4) is 23.5 Å². The van der Waals surface area contributed by atoms with E-state index in [1.807, 2.05) is 59.2 Å². The lowest BCUT2D eigenvalue weighted by atomic mass is 10.2. The van der Waals surface area contributed by atoms with Crippen molar-refractivity contribution in [3.05, 3.63) is 71.5 Å². The van der Waals surface area contributed by atoms with Crippen molar-refractivity contribution in [1.82, 2.24) is 24.1 Å². The van der Waals surface area contributed by atoms with Crippen LogP contribution in [0.2, 0.25) is 0 Å². The van der Waals surface area contributed by atoms with Crippen molar-refractivity contribution in [2.24, 2.45) is 0 Å². The van der Waals surface area contributed by atoms with Gasteiger partial charge in [-0.3, -0.25) is 0 Å². The molecule has 4 heterocycles. The Kier molecular flexibility index (Phi) is 5.33. The van der Waals surface area contributed by atoms with E-state index >= 15 is 0 Å². The Bertz CT molecular complexity index is 1680. The van der Waals surface area contributed by atoms with E-state index in [1.165, 1.54) is 0 Å². The molecule has 0 radical (unpaired) electrons. The van der Waals surface area contributed by atoms with Crippen LogP contribution >= 0.6 is 0 Å². The molecule has 0 amide bonds. The zero-order valence-electron chi connectivity index (χ0n) is 19.4. The van der Waals surface area contributed by atoms with E-state index < -0.39 is 0 Å². The van der Waals surface area contributed by atoms with Gasteiger partial charge in [0.05, 0.1) is 29.2 Å². The van der Waals surface area contributed by atoms with Gasteiger partial charge in [-0.2, -0.15) is 10.5 Å². The summed E-state index contributed by atoms with van der Waals surface area (Å²) in [5, 5.41) is 19.3. The van der Waals surface area contributed by atoms with Crippen LogP contribution in [0.25, 0.3) is 33.6 Å². The summed E-state index contributed by atoms with van der Waals surface area (Å²) in [6, 6.07) is 22.0. The van der Waals surface area contributed by atoms with E-state index in [4.69, 9.17) is 15.5 Å². The molecule has 1 fully saturated rings. The fourth-order valence-corrected chi connectivity index (χ4v) is 4.90. The minimum absolute atomic E-state index is 0.0122. The molecule has 5 aromatic rings. The number of anilines is 1. The van der Waals surface area contributed by atoms with Gasteiger partial charge in [0.1, 0.15) is 29.3 Å². The number of fused-ring (bicyclic) bond motifs is 2. The smallest absolute Gasteiger partial charge is 0.179 e. The molecule has 9 nitrogen and oxygen atoms in total. The summed E-state index contributed by atoms with van der Waals surface area (Å²) in [6.07, 6.45) is 1.88. The Morgan fingerprint density at radius 1 is 0.944 bits per heavy atom. The van der Waals surface area contributed by atoms with E-state index in [1.54, 1.807) is 0 Å². The van der Waals surface area contributed by atoms with Gasteiger partial charge in [0.15, 0.2) is 17.0 Å². The van der Waals surface area contributed by atoms with E-state index in [0.29, 0.717) is 48.1 Å². The van der Waals surface area contributed by atoms with Gasteiger partial charge in [0, 0.05) is 13.2 Å². The van der Waals surface area contributed by atoms with Crippen LogP contribution in [0.5, 0.6) is 0 Å². The first-order chi connectivity index (χ1) is 17.7. The Morgan fingerprint density at radius 2 is 1.69 bits per heavy atom. The number of nitrogen functional groups attached to an aromatic ring is 1. The predicted octanol–water partition coefficient (Wildman–Crippen LogP) is 4.00. The maximum atomic E-state index is 9.66. The van der Waals surface area contributed by atoms with Crippen molar-refractivity contribution in [2.75, 3.05) is 12.3 Å². The second kappa shape index (κ2) is 8.81. The van der Waals surface area contributed by atoms with Crippen LogP contribution in [0.3, 0.4) is 0 Å². The summed E-state index contributed by atoms with van der Waals surface area (Å²) in [4.78, 5) is 14.1. The molecule has 0 spiro atoms. The average Bonchev–Trinajstić information content (AvgIpc) is 3.62. The van der Waals surface area contributed by atoms with E-state index in [0.717, 1.165) is 29.4 Å². The highest BCUT2D eigenvalue weighted by atomic mass is 16.5. The number of nitriles is 2. The average molecular weight is 475 g/mol. The van der Waals surface area contributed by atoms with Gasteiger partial charge in [-0.15, -0.1) is 0 Å². The topological polar surface area (TPSA) is 131 Å². The van der Waals surface area contributed by atoms with Crippen molar-refractivity contribution in [1.29, 1.82) is 10.5 Å². The molecule has 0 saturated carbocycles. The Labute approximate surface area is 207 Å². The summed E-state index contributed by atoms with van der Waals surface area (Å²) in [7, 11) is 0. The number of ether oxygens (including phenoxy) is 1. The third kappa shape index (κ3) is 3.54. The normalized spacial score (nSPS) is 15.3. The maximum Gasteiger partial charge on any atom is 0.179 e. The third-order valence-electron chi connectivity index (χ3n) is 6.60. The molecule has 2 N–H and O–H groups in total. The zero-order valence-corrected chi connectivity index (χ0v) is 19.4. The monoisotopic (exact) mass is 474 g/mol. The van der Waals surface area contributed by atoms with Gasteiger partial charge >= 0.3 is 0 Å². The van der Waals surface area contributed by atoms with Crippen LogP contribution in [-0.2, 0) is 17.8 Å². The van der Waals surface area contributed by atoms with Crippen LogP contribution in [0, 0.1) is 22.7 Å². The minimum Gasteiger partial charge on any atom is -0.384 e. The SMILES string of the molecule is N#Cc1nc2c(-c3nc4ccccc4n3Cc3ccccc3)c(N)n(CC3CCCO3)c2nc1C#N. The standard InChI is InChI=1S/C27H22N8O/c28-13-20-21(14-29)33-27-24(31-20)23(25(30)35(27)16-18-9-6-12-36-18)26-32-19-10-4-5-11-22(19)34(26)15-17-7-2-1-3-8-17/h1-5,7-8,10-11,18H,6,9,12,15-16,30H2. The van der Waals surface area contributed by atoms with Crippen LogP contribution in [-0.4, -0.2) is 36.8 Å². The lowest BCUT2D eigenvalue weighted by molar-refractivity contribution is 0.0983. The molecule has 2 aromatic carbocycles. The van der Waals surface area contributed by atoms with Crippen molar-refractivity contribution < 1.29 is 4.74 Å². The molecule has 1 aliphatic rings. The van der Waals surface area contributed by atoms with Gasteiger partial charge < -0.3 is 19.6 Å². The highest BCUT2D eigenvalue weighted by molar-refractivity contribution is 5.99. The predicted molar refractivity (Wildman–Crippen MR) is 135 cm³/mol. The molecule has 1 saturated heterocycles. The van der Waals surface area contributed by atoms with Crippen LogP contribution in [0.15, 0.2) is 54.6 Å². The third-order valence-corrected chi connectivity index (χ3v) is 6.60. The molecule has 36 heavy (non-hydrogen) atoms. The summed E-state index contributed by atoms with van der Waals surface area (Å²) in [5.74, 6) is 1.07. The molecular formula is C27H22N8O. The van der Waals surface area contributed by atoms with Gasteiger partial charge in [0.25, 0.3) is 0 Å². The number of para-hydroxylation sites is 2. The molecule has 0 aliphatic carbocycles. The van der Waals surface area contributed by atoms with Crippen LogP contribution in [0.4, 0.5) is 5.82 Å². The Morgan fingerprint density at radius 3 is 2.44 bits per heavy atom. The van der Waals surface area contributed by atoms with E-state index in [2.05, 4.69) is 26.7 Å². The highest BCUT2D eigenvalue weighted by Crippen LogP contribution is 2.38. The number of imidazole rings is 1. The summed E-state index contributed by atoms with van der Waals surface area (Å²) in [6.45, 7) is 1.76.